The standard InChI is InChI=1S/C23H23Cl2N5O2S/c24-17-4-1-5-19(21(17)25)28-8-10-29(11-9-28)23(32)22-16-14-30(7-6-18(16)26-27-22)20(31)13-15-3-2-12-33-15/h1-5,12H,6-11,13-14H2,(H,26,27). The van der Waals surface area contributed by atoms with E-state index in [9.17, 15) is 9.59 Å². The summed E-state index contributed by atoms with van der Waals surface area (Å²) >= 11 is 14.1. The molecule has 172 valence electrons. The Morgan fingerprint density at radius 1 is 1.03 bits per heavy atom. The number of nitrogens with zero attached hydrogens (tertiary/aromatic N) is 4. The van der Waals surface area contributed by atoms with E-state index in [4.69, 9.17) is 23.2 Å². The molecule has 0 unspecified atom stereocenters. The Balaban J connectivity index is 1.25. The van der Waals surface area contributed by atoms with Crippen LogP contribution in [0.5, 0.6) is 0 Å². The van der Waals surface area contributed by atoms with Crippen molar-refractivity contribution in [2.24, 2.45) is 0 Å². The van der Waals surface area contributed by atoms with Crippen LogP contribution in [0.25, 0.3) is 0 Å². The molecule has 1 fully saturated rings. The molecule has 0 bridgehead atoms. The van der Waals surface area contributed by atoms with E-state index in [2.05, 4.69) is 15.1 Å². The monoisotopic (exact) mass is 503 g/mol. The Hall–Kier alpha value is -2.55. The van der Waals surface area contributed by atoms with E-state index in [0.717, 1.165) is 21.8 Å². The van der Waals surface area contributed by atoms with Gasteiger partial charge < -0.3 is 14.7 Å². The first-order valence-electron chi connectivity index (χ1n) is 10.9. The summed E-state index contributed by atoms with van der Waals surface area (Å²) in [5.74, 6) is -0.0217. The zero-order chi connectivity index (χ0) is 22.9. The fourth-order valence-corrected chi connectivity index (χ4v) is 5.51. The molecule has 2 aliphatic heterocycles. The van der Waals surface area contributed by atoms with E-state index in [1.807, 2.05) is 39.4 Å². The quantitative estimate of drug-likeness (QED) is 0.586. The SMILES string of the molecule is O=C(Cc1cccs1)N1CCc2[nH]nc(C(=O)N3CCN(c4cccc(Cl)c4Cl)CC3)c2C1. The third-order valence-electron chi connectivity index (χ3n) is 6.23. The van der Waals surface area contributed by atoms with Gasteiger partial charge in [-0.25, -0.2) is 0 Å². The lowest BCUT2D eigenvalue weighted by Crippen LogP contribution is -2.49. The number of benzene rings is 1. The number of carbonyl (C=O) groups is 2. The normalized spacial score (nSPS) is 16.1. The molecule has 1 N–H and O–H groups in total. The third-order valence-corrected chi connectivity index (χ3v) is 7.92. The number of halogens is 2. The van der Waals surface area contributed by atoms with Gasteiger partial charge in [0.1, 0.15) is 0 Å². The molecule has 1 saturated heterocycles. The molecule has 0 spiro atoms. The minimum absolute atomic E-state index is 0.0784. The minimum atomic E-state index is -0.100. The second-order valence-electron chi connectivity index (χ2n) is 8.20. The molecule has 7 nitrogen and oxygen atoms in total. The summed E-state index contributed by atoms with van der Waals surface area (Å²) in [4.78, 5) is 32.9. The number of H-pyrrole nitrogens is 1. The number of carbonyl (C=O) groups excluding carboxylic acids is 2. The number of amides is 2. The first kappa shape index (κ1) is 22.3. The Morgan fingerprint density at radius 2 is 1.85 bits per heavy atom. The van der Waals surface area contributed by atoms with Crippen molar-refractivity contribution in [2.45, 2.75) is 19.4 Å². The highest BCUT2D eigenvalue weighted by molar-refractivity contribution is 7.10. The molecular weight excluding hydrogens is 481 g/mol. The van der Waals surface area contributed by atoms with Crippen molar-refractivity contribution < 1.29 is 9.59 Å². The van der Waals surface area contributed by atoms with E-state index in [1.165, 1.54) is 0 Å². The molecule has 0 atom stereocenters. The average molecular weight is 504 g/mol. The van der Waals surface area contributed by atoms with E-state index in [1.54, 1.807) is 17.4 Å². The smallest absolute Gasteiger partial charge is 0.274 e. The van der Waals surface area contributed by atoms with Crippen LogP contribution >= 0.6 is 34.5 Å². The first-order chi connectivity index (χ1) is 16.0. The van der Waals surface area contributed by atoms with E-state index < -0.39 is 0 Å². The van der Waals surface area contributed by atoms with Crippen LogP contribution in [0.4, 0.5) is 5.69 Å². The van der Waals surface area contributed by atoms with Gasteiger partial charge in [0.05, 0.1) is 22.2 Å². The first-order valence-corrected chi connectivity index (χ1v) is 12.5. The van der Waals surface area contributed by atoms with Gasteiger partial charge >= 0.3 is 0 Å². The number of nitrogens with one attached hydrogen (secondary N) is 1. The van der Waals surface area contributed by atoms with Crippen LogP contribution in [0, 0.1) is 0 Å². The zero-order valence-electron chi connectivity index (χ0n) is 17.9. The Labute approximate surface area is 205 Å². The lowest BCUT2D eigenvalue weighted by molar-refractivity contribution is -0.131. The van der Waals surface area contributed by atoms with Gasteiger partial charge in [0, 0.05) is 61.8 Å². The highest BCUT2D eigenvalue weighted by atomic mass is 35.5. The fourth-order valence-electron chi connectivity index (χ4n) is 4.40. The predicted molar refractivity (Wildman–Crippen MR) is 130 cm³/mol. The van der Waals surface area contributed by atoms with Crippen LogP contribution in [0.2, 0.25) is 10.0 Å². The molecule has 0 aliphatic carbocycles. The molecule has 0 radical (unpaired) electrons. The maximum Gasteiger partial charge on any atom is 0.274 e. The van der Waals surface area contributed by atoms with Crippen LogP contribution < -0.4 is 4.90 Å². The Kier molecular flexibility index (Phi) is 6.32. The van der Waals surface area contributed by atoms with E-state index in [-0.39, 0.29) is 11.8 Å². The van der Waals surface area contributed by atoms with Crippen molar-refractivity contribution in [1.82, 2.24) is 20.0 Å². The maximum absolute atomic E-state index is 13.3. The molecule has 1 aromatic carbocycles. The number of hydrogen-bond donors (Lipinski definition) is 1. The van der Waals surface area contributed by atoms with Gasteiger partial charge in [0.25, 0.3) is 5.91 Å². The minimum Gasteiger partial charge on any atom is -0.367 e. The predicted octanol–water partition coefficient (Wildman–Crippen LogP) is 3.87. The Bertz CT molecular complexity index is 1170. The highest BCUT2D eigenvalue weighted by Crippen LogP contribution is 2.33. The summed E-state index contributed by atoms with van der Waals surface area (Å²) in [6.45, 7) is 3.48. The molecule has 2 aliphatic rings. The molecule has 2 aromatic heterocycles. The number of thiophene rings is 1. The van der Waals surface area contributed by atoms with Crippen LogP contribution in [-0.4, -0.2) is 64.5 Å². The number of aromatic amines is 1. The van der Waals surface area contributed by atoms with Gasteiger partial charge in [-0.3, -0.25) is 14.7 Å². The second kappa shape index (κ2) is 9.37. The van der Waals surface area contributed by atoms with Crippen LogP contribution in [0.15, 0.2) is 35.7 Å². The van der Waals surface area contributed by atoms with Crippen molar-refractivity contribution in [3.05, 3.63) is 67.6 Å². The van der Waals surface area contributed by atoms with Gasteiger partial charge in [-0.2, -0.15) is 5.10 Å². The van der Waals surface area contributed by atoms with Crippen LogP contribution in [-0.2, 0) is 24.2 Å². The largest absolute Gasteiger partial charge is 0.367 e. The molecule has 10 heteroatoms. The van der Waals surface area contributed by atoms with Crippen molar-refractivity contribution in [2.75, 3.05) is 37.6 Å². The van der Waals surface area contributed by atoms with Crippen LogP contribution in [0.1, 0.15) is 26.6 Å². The molecule has 5 rings (SSSR count). The van der Waals surface area contributed by atoms with E-state index in [0.29, 0.717) is 67.8 Å². The molecule has 4 heterocycles. The number of piperazine rings is 1. The van der Waals surface area contributed by atoms with Crippen molar-refractivity contribution in [3.63, 3.8) is 0 Å². The van der Waals surface area contributed by atoms with Gasteiger partial charge in [-0.05, 0) is 23.6 Å². The molecule has 0 saturated carbocycles. The highest BCUT2D eigenvalue weighted by Gasteiger charge is 2.31. The maximum atomic E-state index is 13.3. The summed E-state index contributed by atoms with van der Waals surface area (Å²) in [5.41, 5.74) is 3.09. The Morgan fingerprint density at radius 3 is 2.61 bits per heavy atom. The fraction of sp³-hybridized carbons (Fsp3) is 0.348. The van der Waals surface area contributed by atoms with Gasteiger partial charge in [-0.15, -0.1) is 11.3 Å². The molecule has 2 amide bonds. The molecule has 3 aromatic rings. The summed E-state index contributed by atoms with van der Waals surface area (Å²) in [6.07, 6.45) is 1.06. The van der Waals surface area contributed by atoms with Gasteiger partial charge in [0.2, 0.25) is 5.91 Å². The summed E-state index contributed by atoms with van der Waals surface area (Å²) < 4.78 is 0. The summed E-state index contributed by atoms with van der Waals surface area (Å²) in [7, 11) is 0. The average Bonchev–Trinajstić information content (AvgIpc) is 3.50. The van der Waals surface area contributed by atoms with Crippen LogP contribution in [0.3, 0.4) is 0 Å². The van der Waals surface area contributed by atoms with E-state index >= 15 is 0 Å². The number of aromatic nitrogens is 2. The zero-order valence-corrected chi connectivity index (χ0v) is 20.2. The lowest BCUT2D eigenvalue weighted by Gasteiger charge is -2.36. The lowest BCUT2D eigenvalue weighted by atomic mass is 10.0. The van der Waals surface area contributed by atoms with Gasteiger partial charge in [0.15, 0.2) is 5.69 Å². The number of fused-ring (bicyclic) bond motifs is 1. The topological polar surface area (TPSA) is 72.5 Å². The molecule has 33 heavy (non-hydrogen) atoms. The van der Waals surface area contributed by atoms with Crippen molar-refractivity contribution in [3.8, 4) is 0 Å². The molecular formula is C23H23Cl2N5O2S. The van der Waals surface area contributed by atoms with Crippen molar-refractivity contribution in [1.29, 1.82) is 0 Å². The van der Waals surface area contributed by atoms with Crippen molar-refractivity contribution >= 4 is 52.0 Å². The summed E-state index contributed by atoms with van der Waals surface area (Å²) in [5, 5.41) is 10.4. The van der Waals surface area contributed by atoms with Gasteiger partial charge in [-0.1, -0.05) is 35.3 Å². The second-order valence-corrected chi connectivity index (χ2v) is 10.0. The number of rotatable bonds is 4. The number of anilines is 1. The number of hydrogen-bond acceptors (Lipinski definition) is 5. The third kappa shape index (κ3) is 4.47. The summed E-state index contributed by atoms with van der Waals surface area (Å²) in [6, 6.07) is 9.51.